The van der Waals surface area contributed by atoms with Crippen molar-refractivity contribution in [3.05, 3.63) is 137 Å². The van der Waals surface area contributed by atoms with Crippen molar-refractivity contribution in [1.82, 2.24) is 15.3 Å². The maximum Gasteiger partial charge on any atom is 0.330 e. The van der Waals surface area contributed by atoms with Crippen LogP contribution in [0.2, 0.25) is 0 Å². The summed E-state index contributed by atoms with van der Waals surface area (Å²) in [5, 5.41) is 1.34. The molecule has 0 unspecified atom stereocenters. The van der Waals surface area contributed by atoms with E-state index in [-0.39, 0.29) is 17.5 Å². The number of benzene rings is 3. The van der Waals surface area contributed by atoms with E-state index in [9.17, 15) is 19.2 Å². The molecule has 4 aromatic rings. The van der Waals surface area contributed by atoms with Gasteiger partial charge < -0.3 is 9.15 Å². The fraction of sp³-hybridized carbons (Fsp3) is 0.152. The number of carbonyl (C=O) groups excluding carboxylic acids is 4. The van der Waals surface area contributed by atoms with Crippen LogP contribution in [0.5, 0.6) is 0 Å². The molecular weight excluding hydrogens is 534 g/mol. The lowest BCUT2D eigenvalue weighted by molar-refractivity contribution is -0.156. The lowest BCUT2D eigenvalue weighted by atomic mass is 10.0. The van der Waals surface area contributed by atoms with Crippen LogP contribution in [0.4, 0.5) is 0 Å². The van der Waals surface area contributed by atoms with Crippen molar-refractivity contribution >= 4 is 29.4 Å². The van der Waals surface area contributed by atoms with Crippen LogP contribution in [0, 0.1) is 6.92 Å². The lowest BCUT2D eigenvalue weighted by Gasteiger charge is -2.26. The molecule has 9 heteroatoms. The number of ether oxygens (including phenoxy) is 1. The minimum Gasteiger partial charge on any atom is -0.467 e. The molecule has 2 aliphatic rings. The molecule has 0 radical (unpaired) electrons. The molecule has 3 heterocycles. The van der Waals surface area contributed by atoms with Crippen LogP contribution in [-0.2, 0) is 20.7 Å². The van der Waals surface area contributed by atoms with Crippen LogP contribution in [0.3, 0.4) is 0 Å². The molecule has 2 atom stereocenters. The Morgan fingerprint density at radius 3 is 2.19 bits per heavy atom. The Kier molecular flexibility index (Phi) is 7.14. The molecule has 0 bridgehead atoms. The van der Waals surface area contributed by atoms with Gasteiger partial charge >= 0.3 is 5.97 Å². The monoisotopic (exact) mass is 561 g/mol. The van der Waals surface area contributed by atoms with Crippen LogP contribution in [-0.4, -0.2) is 46.2 Å². The van der Waals surface area contributed by atoms with Crippen LogP contribution < -0.4 is 5.43 Å². The average Bonchev–Trinajstić information content (AvgIpc) is 3.75. The van der Waals surface area contributed by atoms with Gasteiger partial charge in [0.25, 0.3) is 17.7 Å². The summed E-state index contributed by atoms with van der Waals surface area (Å²) in [4.78, 5) is 54.4. The molecule has 3 amide bonds. The summed E-state index contributed by atoms with van der Waals surface area (Å²) in [6, 6.07) is 24.9. The SMILES string of the molecule is Cc1ccc(C2=C[C@H](c3ccco3)N(C(=O)COC(=O)[C@@H](Cc3ccccc3)N3C(=O)c4ccccc4C3=O)N2)cc1. The summed E-state index contributed by atoms with van der Waals surface area (Å²) in [6.07, 6.45) is 3.42. The predicted molar refractivity (Wildman–Crippen MR) is 152 cm³/mol. The zero-order valence-corrected chi connectivity index (χ0v) is 22.7. The van der Waals surface area contributed by atoms with Gasteiger partial charge in [0.15, 0.2) is 6.61 Å². The van der Waals surface area contributed by atoms with Gasteiger partial charge in [-0.2, -0.15) is 0 Å². The molecule has 3 aromatic carbocycles. The quantitative estimate of drug-likeness (QED) is 0.250. The fourth-order valence-corrected chi connectivity index (χ4v) is 5.16. The number of hydrazine groups is 1. The van der Waals surface area contributed by atoms with Gasteiger partial charge in [-0.3, -0.25) is 24.7 Å². The highest BCUT2D eigenvalue weighted by molar-refractivity contribution is 6.22. The van der Waals surface area contributed by atoms with E-state index in [0.717, 1.165) is 21.6 Å². The van der Waals surface area contributed by atoms with Gasteiger partial charge in [-0.25, -0.2) is 9.80 Å². The van der Waals surface area contributed by atoms with Crippen LogP contribution in [0.15, 0.2) is 108 Å². The van der Waals surface area contributed by atoms with E-state index in [1.807, 2.05) is 43.3 Å². The van der Waals surface area contributed by atoms with Gasteiger partial charge in [0.2, 0.25) is 0 Å². The van der Waals surface area contributed by atoms with E-state index >= 15 is 0 Å². The highest BCUT2D eigenvalue weighted by Gasteiger charge is 2.44. The first kappa shape index (κ1) is 26.8. The minimum atomic E-state index is -1.26. The molecule has 1 N–H and O–H groups in total. The molecule has 0 spiro atoms. The third-order valence-electron chi connectivity index (χ3n) is 7.33. The molecule has 9 nitrogen and oxygen atoms in total. The number of esters is 1. The Bertz CT molecular complexity index is 1640. The van der Waals surface area contributed by atoms with E-state index in [1.165, 1.54) is 11.3 Å². The summed E-state index contributed by atoms with van der Waals surface area (Å²) in [5.74, 6) is -2.03. The van der Waals surface area contributed by atoms with E-state index in [1.54, 1.807) is 60.7 Å². The Balaban J connectivity index is 1.21. The number of hydrogen-bond acceptors (Lipinski definition) is 7. The molecule has 2 aliphatic heterocycles. The predicted octanol–water partition coefficient (Wildman–Crippen LogP) is 4.47. The first-order valence-corrected chi connectivity index (χ1v) is 13.5. The maximum atomic E-state index is 13.5. The van der Waals surface area contributed by atoms with Gasteiger partial charge in [-0.05, 0) is 48.4 Å². The number of nitrogens with zero attached hydrogens (tertiary/aromatic N) is 2. The van der Waals surface area contributed by atoms with Crippen molar-refractivity contribution in [2.45, 2.75) is 25.4 Å². The first-order valence-electron chi connectivity index (χ1n) is 13.5. The van der Waals surface area contributed by atoms with E-state index in [0.29, 0.717) is 11.5 Å². The van der Waals surface area contributed by atoms with Gasteiger partial charge in [0, 0.05) is 6.42 Å². The summed E-state index contributed by atoms with van der Waals surface area (Å²) < 4.78 is 11.1. The second-order valence-corrected chi connectivity index (χ2v) is 10.1. The number of aryl methyl sites for hydroxylation is 1. The summed E-state index contributed by atoms with van der Waals surface area (Å²) in [5.41, 5.74) is 6.96. The molecule has 0 fully saturated rings. The van der Waals surface area contributed by atoms with Crippen LogP contribution >= 0.6 is 0 Å². The second kappa shape index (κ2) is 11.2. The van der Waals surface area contributed by atoms with Gasteiger partial charge in [-0.1, -0.05) is 72.3 Å². The zero-order valence-electron chi connectivity index (χ0n) is 22.7. The molecule has 210 valence electrons. The molecule has 0 aliphatic carbocycles. The van der Waals surface area contributed by atoms with Gasteiger partial charge in [-0.15, -0.1) is 0 Å². The van der Waals surface area contributed by atoms with Crippen molar-refractivity contribution in [2.75, 3.05) is 6.61 Å². The number of imide groups is 1. The van der Waals surface area contributed by atoms with Gasteiger partial charge in [0.1, 0.15) is 17.8 Å². The largest absolute Gasteiger partial charge is 0.467 e. The standard InChI is InChI=1S/C33H27N3O6/c1-21-13-15-23(16-14-21)26-19-27(29-12-7-17-41-29)36(34-26)30(37)20-42-33(40)28(18-22-8-3-2-4-9-22)35-31(38)24-10-5-6-11-25(24)32(35)39/h2-17,19,27-28,34H,18,20H2,1H3/t27-,28-/m1/s1. The Morgan fingerprint density at radius 2 is 1.55 bits per heavy atom. The molecular formula is C33H27N3O6. The van der Waals surface area contributed by atoms with Crippen molar-refractivity contribution in [2.24, 2.45) is 0 Å². The van der Waals surface area contributed by atoms with Crippen molar-refractivity contribution < 1.29 is 28.3 Å². The third-order valence-corrected chi connectivity index (χ3v) is 7.33. The summed E-state index contributed by atoms with van der Waals surface area (Å²) in [6.45, 7) is 1.37. The smallest absolute Gasteiger partial charge is 0.330 e. The third kappa shape index (κ3) is 5.08. The number of fused-ring (bicyclic) bond motifs is 1. The number of nitrogens with one attached hydrogen (secondary N) is 1. The Hall–Kier alpha value is -5.44. The number of carbonyl (C=O) groups is 4. The highest BCUT2D eigenvalue weighted by Crippen LogP contribution is 2.32. The first-order chi connectivity index (χ1) is 20.4. The number of hydrogen-bond donors (Lipinski definition) is 1. The Morgan fingerprint density at radius 1 is 0.881 bits per heavy atom. The molecule has 6 rings (SSSR count). The zero-order chi connectivity index (χ0) is 29.2. The van der Waals surface area contributed by atoms with E-state index < -0.39 is 42.4 Å². The molecule has 0 saturated carbocycles. The van der Waals surface area contributed by atoms with Crippen LogP contribution in [0.1, 0.15) is 49.2 Å². The average molecular weight is 562 g/mol. The topological polar surface area (TPSA) is 109 Å². The normalized spacial score (nSPS) is 16.6. The van der Waals surface area contributed by atoms with Crippen LogP contribution in [0.25, 0.3) is 5.70 Å². The number of furan rings is 1. The van der Waals surface area contributed by atoms with Crippen molar-refractivity contribution in [1.29, 1.82) is 0 Å². The summed E-state index contributed by atoms with van der Waals surface area (Å²) in [7, 11) is 0. The number of rotatable bonds is 8. The van der Waals surface area contributed by atoms with Crippen molar-refractivity contribution in [3.8, 4) is 0 Å². The van der Waals surface area contributed by atoms with E-state index in [4.69, 9.17) is 9.15 Å². The minimum absolute atomic E-state index is 0.0371. The highest BCUT2D eigenvalue weighted by atomic mass is 16.5. The van der Waals surface area contributed by atoms with Crippen molar-refractivity contribution in [3.63, 3.8) is 0 Å². The Labute approximate surface area is 242 Å². The second-order valence-electron chi connectivity index (χ2n) is 10.1. The maximum absolute atomic E-state index is 13.5. The lowest BCUT2D eigenvalue weighted by Crippen LogP contribution is -2.48. The van der Waals surface area contributed by atoms with Gasteiger partial charge in [0.05, 0.1) is 23.1 Å². The fourth-order valence-electron chi connectivity index (χ4n) is 5.16. The molecule has 42 heavy (non-hydrogen) atoms. The molecule has 1 aromatic heterocycles. The van der Waals surface area contributed by atoms with E-state index in [2.05, 4.69) is 5.43 Å². The number of amides is 3. The molecule has 0 saturated heterocycles. The summed E-state index contributed by atoms with van der Waals surface area (Å²) >= 11 is 0.